The summed E-state index contributed by atoms with van der Waals surface area (Å²) in [6, 6.07) is 7.02. The Bertz CT molecular complexity index is 431. The van der Waals surface area contributed by atoms with Crippen LogP contribution in [0.1, 0.15) is 25.3 Å². The zero-order chi connectivity index (χ0) is 12.5. The summed E-state index contributed by atoms with van der Waals surface area (Å²) in [5.41, 5.74) is -0.369. The molecule has 3 nitrogen and oxygen atoms in total. The molecule has 92 valence electrons. The lowest BCUT2D eigenvalue weighted by Gasteiger charge is -2.27. The fourth-order valence-electron chi connectivity index (χ4n) is 1.77. The number of nitrogens with one attached hydrogen (secondary N) is 1. The first-order valence-corrected chi connectivity index (χ1v) is 6.14. The topological polar surface area (TPSA) is 49.3 Å². The van der Waals surface area contributed by atoms with Gasteiger partial charge in [-0.15, -0.1) is 0 Å². The van der Waals surface area contributed by atoms with Crippen molar-refractivity contribution in [1.29, 1.82) is 0 Å². The van der Waals surface area contributed by atoms with Crippen LogP contribution in [0.25, 0.3) is 0 Å². The number of carbonyl (C=O) groups is 1. The smallest absolute Gasteiger partial charge is 0.328 e. The van der Waals surface area contributed by atoms with Crippen LogP contribution in [0.15, 0.2) is 24.3 Å². The molecular weight excluding hydrogens is 238 g/mol. The van der Waals surface area contributed by atoms with Gasteiger partial charge in [0.15, 0.2) is 0 Å². The number of halogens is 1. The zero-order valence-electron chi connectivity index (χ0n) is 9.74. The first-order valence-electron chi connectivity index (χ1n) is 5.77. The van der Waals surface area contributed by atoms with Gasteiger partial charge in [-0.25, -0.2) is 4.79 Å². The van der Waals surface area contributed by atoms with Crippen LogP contribution in [0.4, 0.5) is 0 Å². The highest BCUT2D eigenvalue weighted by molar-refractivity contribution is 6.30. The van der Waals surface area contributed by atoms with Crippen molar-refractivity contribution < 1.29 is 9.90 Å². The molecule has 17 heavy (non-hydrogen) atoms. The fraction of sp³-hybridized carbons (Fsp3) is 0.462. The van der Waals surface area contributed by atoms with E-state index < -0.39 is 11.5 Å². The maximum atomic E-state index is 11.5. The lowest BCUT2D eigenvalue weighted by Crippen LogP contribution is -2.47. The molecule has 1 fully saturated rings. The van der Waals surface area contributed by atoms with Crippen LogP contribution >= 0.6 is 11.6 Å². The van der Waals surface area contributed by atoms with Crippen LogP contribution in [0.2, 0.25) is 5.02 Å². The van der Waals surface area contributed by atoms with Crippen molar-refractivity contribution in [3.05, 3.63) is 34.9 Å². The Balaban J connectivity index is 2.22. The van der Waals surface area contributed by atoms with Gasteiger partial charge in [0, 0.05) is 5.02 Å². The third kappa shape index (κ3) is 2.79. The average molecular weight is 254 g/mol. The van der Waals surface area contributed by atoms with E-state index in [1.807, 2.05) is 0 Å². The molecule has 0 aliphatic heterocycles. The van der Waals surface area contributed by atoms with E-state index in [9.17, 15) is 9.90 Å². The Morgan fingerprint density at radius 2 is 2.29 bits per heavy atom. The number of hydrogen-bond donors (Lipinski definition) is 2. The summed E-state index contributed by atoms with van der Waals surface area (Å²) in [6.45, 7) is 2.43. The van der Waals surface area contributed by atoms with E-state index in [-0.39, 0.29) is 0 Å². The molecule has 0 heterocycles. The summed E-state index contributed by atoms with van der Waals surface area (Å²) < 4.78 is 0. The minimum Gasteiger partial charge on any atom is -0.480 e. The third-order valence-electron chi connectivity index (χ3n) is 3.27. The Morgan fingerprint density at radius 1 is 1.59 bits per heavy atom. The van der Waals surface area contributed by atoms with Crippen molar-refractivity contribution in [2.45, 2.75) is 25.3 Å². The third-order valence-corrected chi connectivity index (χ3v) is 3.51. The Labute approximate surface area is 106 Å². The highest BCUT2D eigenvalue weighted by Gasteiger charge is 2.36. The van der Waals surface area contributed by atoms with Gasteiger partial charge in [0.1, 0.15) is 5.54 Å². The highest BCUT2D eigenvalue weighted by atomic mass is 35.5. The van der Waals surface area contributed by atoms with Gasteiger partial charge in [-0.1, -0.05) is 23.7 Å². The Hall–Kier alpha value is -1.06. The predicted octanol–water partition coefficient (Wildman–Crippen LogP) is 2.64. The van der Waals surface area contributed by atoms with Crippen molar-refractivity contribution in [3.63, 3.8) is 0 Å². The average Bonchev–Trinajstić information content (AvgIpc) is 3.09. The molecule has 0 spiro atoms. The van der Waals surface area contributed by atoms with Crippen LogP contribution in [0.3, 0.4) is 0 Å². The fourth-order valence-corrected chi connectivity index (χ4v) is 1.96. The SMILES string of the molecule is CC(NCC1CC1)(C(=O)O)c1cccc(Cl)c1. The number of hydrogen-bond acceptors (Lipinski definition) is 2. The van der Waals surface area contributed by atoms with Crippen molar-refractivity contribution in [3.8, 4) is 0 Å². The lowest BCUT2D eigenvalue weighted by atomic mass is 9.92. The van der Waals surface area contributed by atoms with E-state index in [1.54, 1.807) is 31.2 Å². The van der Waals surface area contributed by atoms with Crippen LogP contribution in [0.5, 0.6) is 0 Å². The number of benzene rings is 1. The number of aliphatic carboxylic acids is 1. The molecule has 0 saturated heterocycles. The molecule has 4 heteroatoms. The molecule has 1 aliphatic carbocycles. The zero-order valence-corrected chi connectivity index (χ0v) is 10.5. The molecule has 1 aliphatic rings. The number of carboxylic acids is 1. The van der Waals surface area contributed by atoms with E-state index in [2.05, 4.69) is 5.32 Å². The molecule has 0 aromatic heterocycles. The summed E-state index contributed by atoms with van der Waals surface area (Å²) in [4.78, 5) is 11.5. The molecule has 0 radical (unpaired) electrons. The number of rotatable bonds is 5. The predicted molar refractivity (Wildman–Crippen MR) is 67.2 cm³/mol. The lowest BCUT2D eigenvalue weighted by molar-refractivity contribution is -0.144. The first-order chi connectivity index (χ1) is 8.02. The summed E-state index contributed by atoms with van der Waals surface area (Å²) in [5.74, 6) is -0.242. The minimum atomic E-state index is -1.06. The minimum absolute atomic E-state index is 0.559. The van der Waals surface area contributed by atoms with E-state index in [0.29, 0.717) is 16.5 Å². The monoisotopic (exact) mass is 253 g/mol. The quantitative estimate of drug-likeness (QED) is 0.848. The van der Waals surface area contributed by atoms with Crippen molar-refractivity contribution in [2.24, 2.45) is 5.92 Å². The van der Waals surface area contributed by atoms with Gasteiger partial charge >= 0.3 is 5.97 Å². The standard InChI is InChI=1S/C13H16ClNO2/c1-13(12(16)17,15-8-9-5-6-9)10-3-2-4-11(14)7-10/h2-4,7,9,15H,5-6,8H2,1H3,(H,16,17). The molecule has 2 rings (SSSR count). The maximum absolute atomic E-state index is 11.5. The summed E-state index contributed by atoms with van der Waals surface area (Å²) in [6.07, 6.45) is 2.39. The van der Waals surface area contributed by atoms with Gasteiger partial charge < -0.3 is 5.11 Å². The van der Waals surface area contributed by atoms with Crippen LogP contribution in [0, 0.1) is 5.92 Å². The van der Waals surface area contributed by atoms with Gasteiger partial charge in [0.05, 0.1) is 0 Å². The van der Waals surface area contributed by atoms with Gasteiger partial charge in [0.2, 0.25) is 0 Å². The molecule has 1 unspecified atom stereocenters. The van der Waals surface area contributed by atoms with Gasteiger partial charge in [-0.3, -0.25) is 5.32 Å². The molecular formula is C13H16ClNO2. The Kier molecular flexibility index (Phi) is 3.40. The maximum Gasteiger partial charge on any atom is 0.328 e. The molecule has 0 amide bonds. The van der Waals surface area contributed by atoms with E-state index >= 15 is 0 Å². The van der Waals surface area contributed by atoms with Gasteiger partial charge in [-0.05, 0) is 49.9 Å². The van der Waals surface area contributed by atoms with Gasteiger partial charge in [0.25, 0.3) is 0 Å². The molecule has 1 atom stereocenters. The van der Waals surface area contributed by atoms with Crippen LogP contribution < -0.4 is 5.32 Å². The molecule has 1 aromatic rings. The largest absolute Gasteiger partial charge is 0.480 e. The highest BCUT2D eigenvalue weighted by Crippen LogP contribution is 2.30. The summed E-state index contributed by atoms with van der Waals surface area (Å²) in [7, 11) is 0. The molecule has 2 N–H and O–H groups in total. The van der Waals surface area contributed by atoms with Crippen LogP contribution in [-0.4, -0.2) is 17.6 Å². The van der Waals surface area contributed by atoms with E-state index in [0.717, 1.165) is 6.54 Å². The first kappa shape index (κ1) is 12.4. The second-order valence-corrected chi connectivity index (χ2v) is 5.20. The second-order valence-electron chi connectivity index (χ2n) is 4.76. The van der Waals surface area contributed by atoms with Crippen molar-refractivity contribution >= 4 is 17.6 Å². The van der Waals surface area contributed by atoms with Crippen molar-refractivity contribution in [1.82, 2.24) is 5.32 Å². The summed E-state index contributed by atoms with van der Waals surface area (Å²) >= 11 is 5.91. The van der Waals surface area contributed by atoms with Crippen LogP contribution in [-0.2, 0) is 10.3 Å². The summed E-state index contributed by atoms with van der Waals surface area (Å²) in [5, 5.41) is 13.1. The molecule has 1 aromatic carbocycles. The Morgan fingerprint density at radius 3 is 2.82 bits per heavy atom. The van der Waals surface area contributed by atoms with Crippen molar-refractivity contribution in [2.75, 3.05) is 6.54 Å². The molecule has 0 bridgehead atoms. The normalized spacial score (nSPS) is 18.7. The molecule has 1 saturated carbocycles. The van der Waals surface area contributed by atoms with Gasteiger partial charge in [-0.2, -0.15) is 0 Å². The van der Waals surface area contributed by atoms with E-state index in [4.69, 9.17) is 11.6 Å². The number of carboxylic acid groups (broad SMARTS) is 1. The second kappa shape index (κ2) is 4.67. The van der Waals surface area contributed by atoms with E-state index in [1.165, 1.54) is 12.8 Å².